The first-order valence-corrected chi connectivity index (χ1v) is 27.9. The third-order valence-electron chi connectivity index (χ3n) is 24.8. The number of hydrogen-bond acceptors (Lipinski definition) is 4. The van der Waals surface area contributed by atoms with Crippen molar-refractivity contribution in [3.8, 4) is 0 Å². The van der Waals surface area contributed by atoms with Crippen LogP contribution in [-0.4, -0.2) is 31.3 Å². The van der Waals surface area contributed by atoms with Gasteiger partial charge in [0.25, 0.3) is 0 Å². The van der Waals surface area contributed by atoms with E-state index in [2.05, 4.69) is 94.5 Å². The number of rotatable bonds is 9. The van der Waals surface area contributed by atoms with E-state index in [1.807, 2.05) is 0 Å². The molecule has 9 rings (SSSR count). The number of esters is 1. The summed E-state index contributed by atoms with van der Waals surface area (Å²) in [6.45, 7) is 30.6. The van der Waals surface area contributed by atoms with Crippen molar-refractivity contribution in [3.05, 3.63) is 11.6 Å². The average Bonchev–Trinajstić information content (AvgIpc) is 3.81. The van der Waals surface area contributed by atoms with Crippen molar-refractivity contribution in [1.29, 1.82) is 0 Å². The van der Waals surface area contributed by atoms with Crippen LogP contribution >= 0.6 is 0 Å². The van der Waals surface area contributed by atoms with Crippen LogP contribution in [0.15, 0.2) is 11.6 Å². The summed E-state index contributed by atoms with van der Waals surface area (Å²) in [6.07, 6.45) is 28.4. The van der Waals surface area contributed by atoms with Gasteiger partial charge in [0.05, 0.1) is 12.5 Å². The van der Waals surface area contributed by atoms with E-state index in [4.69, 9.17) is 9.47 Å². The predicted octanol–water partition coefficient (Wildman–Crippen LogP) is 15.4. The molecule has 8 fully saturated rings. The fourth-order valence-corrected chi connectivity index (χ4v) is 21.2. The summed E-state index contributed by atoms with van der Waals surface area (Å²) in [6, 6.07) is 0.145. The number of allylic oxidation sites excluding steroid dienone is 1. The first-order chi connectivity index (χ1) is 30.1. The molecule has 5 heteroatoms. The van der Waals surface area contributed by atoms with Crippen LogP contribution in [0.5, 0.6) is 0 Å². The first-order valence-electron chi connectivity index (χ1n) is 27.9. The largest absolute Gasteiger partial charge is 0.462 e. The number of fused-ring (bicyclic) bond motifs is 12. The molecule has 0 heterocycles. The molecule has 0 saturated heterocycles. The molecule has 1 N–H and O–H groups in total. The zero-order valence-corrected chi connectivity index (χ0v) is 43.6. The lowest BCUT2D eigenvalue weighted by Crippen LogP contribution is -2.68. The molecule has 0 radical (unpaired) electrons. The second-order valence-corrected chi connectivity index (χ2v) is 27.9. The van der Waals surface area contributed by atoms with Gasteiger partial charge in [0.15, 0.2) is 0 Å². The monoisotopic (exact) mass is 884 g/mol. The normalized spacial score (nSPS) is 49.5. The van der Waals surface area contributed by atoms with E-state index in [0.717, 1.165) is 74.0 Å². The molecule has 0 aliphatic heterocycles. The highest BCUT2D eigenvalue weighted by molar-refractivity contribution is 5.78. The van der Waals surface area contributed by atoms with E-state index in [-0.39, 0.29) is 56.7 Å². The van der Waals surface area contributed by atoms with Crippen LogP contribution in [0.25, 0.3) is 0 Å². The van der Waals surface area contributed by atoms with Gasteiger partial charge in [0.1, 0.15) is 6.10 Å². The number of carbonyl (C=O) groups is 2. The van der Waals surface area contributed by atoms with Gasteiger partial charge in [-0.3, -0.25) is 4.79 Å². The van der Waals surface area contributed by atoms with Crippen molar-refractivity contribution in [2.24, 2.45) is 109 Å². The molecule has 0 aromatic rings. The third kappa shape index (κ3) is 6.95. The number of hydrogen-bond donors (Lipinski definition) is 1. The summed E-state index contributed by atoms with van der Waals surface area (Å²) >= 11 is 0. The molecule has 5 nitrogen and oxygen atoms in total. The van der Waals surface area contributed by atoms with Gasteiger partial charge in [0.2, 0.25) is 0 Å². The van der Waals surface area contributed by atoms with Crippen LogP contribution in [0.1, 0.15) is 218 Å². The summed E-state index contributed by atoms with van der Waals surface area (Å²) in [4.78, 5) is 27.8. The van der Waals surface area contributed by atoms with E-state index in [0.29, 0.717) is 40.9 Å². The minimum absolute atomic E-state index is 0.00844. The molecular formula is C59H97NO4. The van der Waals surface area contributed by atoms with Gasteiger partial charge in [-0.25, -0.2) is 4.79 Å². The second-order valence-electron chi connectivity index (χ2n) is 27.9. The van der Waals surface area contributed by atoms with Gasteiger partial charge in [-0.05, 0) is 213 Å². The summed E-state index contributed by atoms with van der Waals surface area (Å²) in [5.41, 5.74) is 2.81. The van der Waals surface area contributed by atoms with Crippen LogP contribution in [0.2, 0.25) is 0 Å². The Labute approximate surface area is 392 Å². The maximum Gasteiger partial charge on any atom is 0.407 e. The molecule has 9 aliphatic rings. The zero-order chi connectivity index (χ0) is 46.0. The van der Waals surface area contributed by atoms with Gasteiger partial charge in [-0.1, -0.05) is 114 Å². The fraction of sp³-hybridized carbons (Fsp3) is 0.932. The number of alkyl carbamates (subject to hydrolysis) is 1. The first kappa shape index (κ1) is 47.5. The molecule has 0 aromatic heterocycles. The van der Waals surface area contributed by atoms with E-state index >= 15 is 4.79 Å². The molecule has 362 valence electrons. The van der Waals surface area contributed by atoms with Gasteiger partial charge < -0.3 is 14.8 Å². The van der Waals surface area contributed by atoms with Crippen molar-refractivity contribution in [2.45, 2.75) is 230 Å². The Morgan fingerprint density at radius 2 is 1.44 bits per heavy atom. The number of methoxy groups -OCH3 is 1. The molecule has 0 bridgehead atoms. The van der Waals surface area contributed by atoms with Gasteiger partial charge in [-0.15, -0.1) is 0 Å². The zero-order valence-electron chi connectivity index (χ0n) is 43.6. The topological polar surface area (TPSA) is 64.6 Å². The summed E-state index contributed by atoms with van der Waals surface area (Å²) in [5, 5.41) is 3.27. The molecule has 8 saturated carbocycles. The van der Waals surface area contributed by atoms with Crippen LogP contribution < -0.4 is 5.32 Å². The Morgan fingerprint density at radius 1 is 0.703 bits per heavy atom. The van der Waals surface area contributed by atoms with Crippen molar-refractivity contribution in [2.75, 3.05) is 7.11 Å². The standard InChI is InChI=1S/C59H97NO4/c1-36(2)15-14-16-38(5)43-19-20-44-42-18-17-39-35-40(23-28-54(39,8)45(42)25-29-55(43,44)9)64-51(61)59-32-24-41(37(3)4)50(59)46-21-22-48-56(10)30-27-49(60-52(62)63-13)53(6,7)47(56)26-31-58(48,12)57(46,11)33-34-59/h17,36-38,40-50H,14-16,18-35H2,1-13H3,(H,60,62)/t38-,40-,41?,42+,43-,44+,45+,46-,47?,48-,49?,50?,54+,55-,56+,57-,58-,59+/m1/s1. The molecule has 0 spiro atoms. The number of amides is 1. The Bertz CT molecular complexity index is 1800. The van der Waals surface area contributed by atoms with E-state index < -0.39 is 0 Å². The highest BCUT2D eigenvalue weighted by Gasteiger charge is 2.72. The van der Waals surface area contributed by atoms with E-state index in [1.165, 1.54) is 103 Å². The number of ether oxygens (including phenoxy) is 2. The van der Waals surface area contributed by atoms with Crippen LogP contribution in [0.4, 0.5) is 4.79 Å². The van der Waals surface area contributed by atoms with Crippen molar-refractivity contribution >= 4 is 12.1 Å². The van der Waals surface area contributed by atoms with E-state index in [1.54, 1.807) is 5.57 Å². The molecular weight excluding hydrogens is 787 g/mol. The Balaban J connectivity index is 0.904. The predicted molar refractivity (Wildman–Crippen MR) is 261 cm³/mol. The lowest BCUT2D eigenvalue weighted by atomic mass is 9.32. The fourth-order valence-electron chi connectivity index (χ4n) is 21.2. The quantitative estimate of drug-likeness (QED) is 0.185. The smallest absolute Gasteiger partial charge is 0.407 e. The van der Waals surface area contributed by atoms with Gasteiger partial charge in [0, 0.05) is 12.5 Å². The SMILES string of the molecule is COC(=O)NC1CC[C@@]2(C)C(CC[C@]3(C)[C@@H]2CC[C@@H]2C4C(C(C)C)CC[C@]4(C(=O)O[C@@H]4CC[C@@]5(C)C(=CC[C@H]6[C@@H]7CC[C@H]([C@H](C)CCCC(C)C)[C@@]7(C)CC[C@@H]65)C4)CC[C@]23C)C1(C)C. The second kappa shape index (κ2) is 16.6. The number of carbonyl (C=O) groups excluding carboxylic acids is 2. The molecule has 0 aromatic carbocycles. The average molecular weight is 884 g/mol. The Hall–Kier alpha value is -1.52. The van der Waals surface area contributed by atoms with Crippen LogP contribution in [0.3, 0.4) is 0 Å². The minimum atomic E-state index is -0.325. The third-order valence-corrected chi connectivity index (χ3v) is 24.8. The molecule has 4 unspecified atom stereocenters. The molecule has 18 atom stereocenters. The van der Waals surface area contributed by atoms with Gasteiger partial charge in [-0.2, -0.15) is 0 Å². The van der Waals surface area contributed by atoms with Gasteiger partial charge >= 0.3 is 12.1 Å². The number of nitrogens with one attached hydrogen (secondary N) is 1. The maximum atomic E-state index is 15.4. The highest BCUT2D eigenvalue weighted by Crippen LogP contribution is 2.78. The lowest BCUT2D eigenvalue weighted by Gasteiger charge is -2.73. The highest BCUT2D eigenvalue weighted by atomic mass is 16.5. The molecule has 64 heavy (non-hydrogen) atoms. The Kier molecular flexibility index (Phi) is 12.3. The Morgan fingerprint density at radius 3 is 2.16 bits per heavy atom. The van der Waals surface area contributed by atoms with Crippen LogP contribution in [-0.2, 0) is 14.3 Å². The van der Waals surface area contributed by atoms with Crippen molar-refractivity contribution in [3.63, 3.8) is 0 Å². The van der Waals surface area contributed by atoms with Crippen molar-refractivity contribution in [1.82, 2.24) is 5.32 Å². The minimum Gasteiger partial charge on any atom is -0.462 e. The molecule has 9 aliphatic carbocycles. The van der Waals surface area contributed by atoms with Crippen LogP contribution in [0, 0.1) is 109 Å². The van der Waals surface area contributed by atoms with E-state index in [9.17, 15) is 4.79 Å². The molecule has 1 amide bonds. The lowest BCUT2D eigenvalue weighted by molar-refractivity contribution is -0.243. The van der Waals surface area contributed by atoms with Crippen molar-refractivity contribution < 1.29 is 19.1 Å². The summed E-state index contributed by atoms with van der Waals surface area (Å²) in [7, 11) is 1.49. The summed E-state index contributed by atoms with van der Waals surface area (Å²) < 4.78 is 12.1. The maximum absolute atomic E-state index is 15.4. The summed E-state index contributed by atoms with van der Waals surface area (Å²) in [5.74, 6) is 8.68.